The van der Waals surface area contributed by atoms with E-state index in [0.29, 0.717) is 10.5 Å². The third-order valence-corrected chi connectivity index (χ3v) is 6.52. The average Bonchev–Trinajstić information content (AvgIpc) is 3.28. The van der Waals surface area contributed by atoms with E-state index in [9.17, 15) is 14.7 Å². The molecule has 2 aromatic carbocycles. The smallest absolute Gasteiger partial charge is 0.339 e. The van der Waals surface area contributed by atoms with Crippen LogP contribution in [-0.4, -0.2) is 17.0 Å². The van der Waals surface area contributed by atoms with E-state index in [0.717, 1.165) is 26.5 Å². The van der Waals surface area contributed by atoms with Crippen molar-refractivity contribution in [2.24, 2.45) is 0 Å². The van der Waals surface area contributed by atoms with Crippen molar-refractivity contribution in [2.45, 2.75) is 13.8 Å². The van der Waals surface area contributed by atoms with E-state index in [4.69, 9.17) is 4.42 Å². The number of para-hydroxylation sites is 1. The molecule has 2 N–H and O–H groups in total. The second-order valence-electron chi connectivity index (χ2n) is 6.68. The van der Waals surface area contributed by atoms with Crippen LogP contribution >= 0.6 is 27.3 Å². The molecule has 0 bridgehead atoms. The van der Waals surface area contributed by atoms with Gasteiger partial charge in [0, 0.05) is 15.2 Å². The topological polar surface area (TPSA) is 79.5 Å². The van der Waals surface area contributed by atoms with Crippen molar-refractivity contribution < 1.29 is 19.1 Å². The number of anilines is 1. The van der Waals surface area contributed by atoms with Crippen molar-refractivity contribution in [3.63, 3.8) is 0 Å². The van der Waals surface area contributed by atoms with E-state index in [2.05, 4.69) is 21.2 Å². The van der Waals surface area contributed by atoms with Gasteiger partial charge in [0.15, 0.2) is 5.76 Å². The molecule has 146 valence electrons. The lowest BCUT2D eigenvalue weighted by molar-refractivity contribution is 0.0699. The molecule has 0 radical (unpaired) electrons. The van der Waals surface area contributed by atoms with Crippen molar-refractivity contribution in [1.82, 2.24) is 0 Å². The Morgan fingerprint density at radius 3 is 2.59 bits per heavy atom. The molecule has 29 heavy (non-hydrogen) atoms. The normalized spacial score (nSPS) is 11.0. The molecule has 0 saturated carbocycles. The number of fused-ring (bicyclic) bond motifs is 1. The first-order chi connectivity index (χ1) is 13.8. The van der Waals surface area contributed by atoms with Crippen LogP contribution in [0.25, 0.3) is 21.4 Å². The monoisotopic (exact) mass is 469 g/mol. The first kappa shape index (κ1) is 19.4. The molecule has 0 fully saturated rings. The number of carbonyl (C=O) groups is 2. The fourth-order valence-corrected chi connectivity index (χ4v) is 4.70. The summed E-state index contributed by atoms with van der Waals surface area (Å²) in [7, 11) is 0. The summed E-state index contributed by atoms with van der Waals surface area (Å²) in [4.78, 5) is 25.3. The maximum Gasteiger partial charge on any atom is 0.339 e. The van der Waals surface area contributed by atoms with E-state index in [1.165, 1.54) is 11.3 Å². The van der Waals surface area contributed by atoms with Gasteiger partial charge in [-0.15, -0.1) is 11.3 Å². The van der Waals surface area contributed by atoms with Crippen LogP contribution in [0, 0.1) is 13.8 Å². The highest BCUT2D eigenvalue weighted by Gasteiger charge is 2.23. The van der Waals surface area contributed by atoms with Crippen LogP contribution < -0.4 is 5.32 Å². The quantitative estimate of drug-likeness (QED) is 0.357. The van der Waals surface area contributed by atoms with Crippen molar-refractivity contribution in [1.29, 1.82) is 0 Å². The number of nitrogens with one attached hydrogen (secondary N) is 1. The summed E-state index contributed by atoms with van der Waals surface area (Å²) in [6.07, 6.45) is 0. The maximum absolute atomic E-state index is 12.7. The maximum atomic E-state index is 12.7. The molecule has 0 aliphatic heterocycles. The fraction of sp³-hybridized carbons (Fsp3) is 0.0909. The highest BCUT2D eigenvalue weighted by Crippen LogP contribution is 2.39. The molecule has 0 aliphatic rings. The zero-order chi connectivity index (χ0) is 20.7. The SMILES string of the molecule is Cc1cc(-c2scc(NC(=O)c3cc4ccccc4o3)c2C(=O)O)c(C)cc1Br. The fourth-order valence-electron chi connectivity index (χ4n) is 3.16. The first-order valence-electron chi connectivity index (χ1n) is 8.77. The number of carboxylic acid groups (broad SMARTS) is 1. The number of carbonyl (C=O) groups excluding carboxylic acids is 1. The Balaban J connectivity index is 1.73. The highest BCUT2D eigenvalue weighted by atomic mass is 79.9. The van der Waals surface area contributed by atoms with Crippen LogP contribution in [0.4, 0.5) is 5.69 Å². The van der Waals surface area contributed by atoms with Crippen LogP contribution in [0.15, 0.2) is 56.7 Å². The number of furan rings is 1. The number of benzene rings is 2. The van der Waals surface area contributed by atoms with Gasteiger partial charge in [-0.3, -0.25) is 4.79 Å². The summed E-state index contributed by atoms with van der Waals surface area (Å²) in [5.74, 6) is -1.45. The van der Waals surface area contributed by atoms with Crippen LogP contribution in [0.3, 0.4) is 0 Å². The Labute approximate surface area is 179 Å². The molecule has 4 aromatic rings. The largest absolute Gasteiger partial charge is 0.478 e. The first-order valence-corrected chi connectivity index (χ1v) is 10.4. The van der Waals surface area contributed by atoms with E-state index < -0.39 is 11.9 Å². The third kappa shape index (κ3) is 3.59. The zero-order valence-corrected chi connectivity index (χ0v) is 18.0. The molecule has 2 heterocycles. The summed E-state index contributed by atoms with van der Waals surface area (Å²) in [5, 5.41) is 15.0. The number of carboxylic acids is 1. The molecule has 4 rings (SSSR count). The zero-order valence-electron chi connectivity index (χ0n) is 15.6. The lowest BCUT2D eigenvalue weighted by Gasteiger charge is -2.09. The van der Waals surface area contributed by atoms with Crippen molar-refractivity contribution in [2.75, 3.05) is 5.32 Å². The van der Waals surface area contributed by atoms with E-state index in [1.807, 2.05) is 44.2 Å². The third-order valence-electron chi connectivity index (χ3n) is 4.65. The molecule has 5 nitrogen and oxygen atoms in total. The number of rotatable bonds is 4. The minimum atomic E-state index is -1.10. The van der Waals surface area contributed by atoms with Gasteiger partial charge < -0.3 is 14.8 Å². The number of halogens is 1. The Morgan fingerprint density at radius 2 is 1.86 bits per heavy atom. The molecule has 0 saturated heterocycles. The van der Waals surface area contributed by atoms with Gasteiger partial charge in [0.1, 0.15) is 11.1 Å². The highest BCUT2D eigenvalue weighted by molar-refractivity contribution is 9.10. The van der Waals surface area contributed by atoms with Crippen molar-refractivity contribution in [3.05, 3.63) is 74.8 Å². The average molecular weight is 470 g/mol. The molecule has 0 aliphatic carbocycles. The molecule has 2 aromatic heterocycles. The molecule has 1 amide bonds. The number of aryl methyl sites for hydroxylation is 2. The van der Waals surface area contributed by atoms with Crippen LogP contribution in [0.5, 0.6) is 0 Å². The number of hydrogen-bond acceptors (Lipinski definition) is 4. The van der Waals surface area contributed by atoms with Gasteiger partial charge in [0.2, 0.25) is 0 Å². The van der Waals surface area contributed by atoms with Gasteiger partial charge in [-0.25, -0.2) is 4.79 Å². The minimum Gasteiger partial charge on any atom is -0.478 e. The second-order valence-corrected chi connectivity index (χ2v) is 8.41. The van der Waals surface area contributed by atoms with E-state index >= 15 is 0 Å². The summed E-state index contributed by atoms with van der Waals surface area (Å²) in [6, 6.07) is 12.8. The predicted molar refractivity (Wildman–Crippen MR) is 118 cm³/mol. The Bertz CT molecular complexity index is 1240. The number of aromatic carboxylic acids is 1. The van der Waals surface area contributed by atoms with Crippen LogP contribution in [0.1, 0.15) is 32.0 Å². The number of hydrogen-bond donors (Lipinski definition) is 2. The number of thiophene rings is 1. The van der Waals surface area contributed by atoms with Crippen LogP contribution in [-0.2, 0) is 0 Å². The predicted octanol–water partition coefficient (Wildman–Crippen LogP) is 6.49. The summed E-state index contributed by atoms with van der Waals surface area (Å²) in [6.45, 7) is 3.88. The van der Waals surface area contributed by atoms with Crippen molar-refractivity contribution in [3.8, 4) is 10.4 Å². The van der Waals surface area contributed by atoms with Crippen LogP contribution in [0.2, 0.25) is 0 Å². The second kappa shape index (κ2) is 7.50. The molecule has 0 atom stereocenters. The van der Waals surface area contributed by atoms with Gasteiger partial charge in [-0.2, -0.15) is 0 Å². The van der Waals surface area contributed by atoms with Crippen molar-refractivity contribution >= 4 is 55.8 Å². The lowest BCUT2D eigenvalue weighted by atomic mass is 10.0. The summed E-state index contributed by atoms with van der Waals surface area (Å²) >= 11 is 4.79. The molecular formula is C22H16BrNO4S. The molecule has 0 unspecified atom stereocenters. The summed E-state index contributed by atoms with van der Waals surface area (Å²) < 4.78 is 6.54. The van der Waals surface area contributed by atoms with E-state index in [1.54, 1.807) is 17.5 Å². The van der Waals surface area contributed by atoms with Gasteiger partial charge >= 0.3 is 5.97 Å². The standard InChI is InChI=1S/C22H16BrNO4S/c1-11-8-15(23)12(2)7-14(11)20-19(22(26)27)16(10-29-20)24-21(25)18-9-13-5-3-4-6-17(13)28-18/h3-10H,1-2H3,(H,24,25)(H,26,27). The van der Waals surface area contributed by atoms with E-state index in [-0.39, 0.29) is 17.0 Å². The van der Waals surface area contributed by atoms with Gasteiger partial charge in [0.25, 0.3) is 5.91 Å². The number of amides is 1. The minimum absolute atomic E-state index is 0.0734. The Kier molecular flexibility index (Phi) is 5.02. The van der Waals surface area contributed by atoms with Gasteiger partial charge in [-0.1, -0.05) is 34.1 Å². The Morgan fingerprint density at radius 1 is 1.10 bits per heavy atom. The molecule has 7 heteroatoms. The van der Waals surface area contributed by atoms with Gasteiger partial charge in [-0.05, 0) is 54.8 Å². The summed E-state index contributed by atoms with van der Waals surface area (Å²) in [5.41, 5.74) is 3.71. The lowest BCUT2D eigenvalue weighted by Crippen LogP contribution is -2.13. The molecule has 0 spiro atoms. The van der Waals surface area contributed by atoms with Gasteiger partial charge in [0.05, 0.1) is 10.6 Å². The Hall–Kier alpha value is -2.90. The molecular weight excluding hydrogens is 454 g/mol.